The largest absolute Gasteiger partial charge is 0.496 e. The van der Waals surface area contributed by atoms with Gasteiger partial charge in [0.1, 0.15) is 48.2 Å². The molecule has 3 fully saturated rings. The first-order valence-corrected chi connectivity index (χ1v) is 27.6. The molecule has 1 aromatic carbocycles. The molecule has 5 rings (SSSR count). The Morgan fingerprint density at radius 2 is 1.59 bits per heavy atom. The molecule has 1 unspecified atom stereocenters. The van der Waals surface area contributed by atoms with Crippen LogP contribution in [0.15, 0.2) is 65.8 Å². The number of amides is 1. The van der Waals surface area contributed by atoms with Crippen molar-refractivity contribution in [2.45, 2.75) is 180 Å². The summed E-state index contributed by atoms with van der Waals surface area (Å²) < 4.78 is 41.0. The second kappa shape index (κ2) is 29.4. The first-order chi connectivity index (χ1) is 36.2. The van der Waals surface area contributed by atoms with Gasteiger partial charge in [-0.2, -0.15) is 0 Å². The van der Waals surface area contributed by atoms with Gasteiger partial charge in [0.05, 0.1) is 32.0 Å². The third-order valence-corrected chi connectivity index (χ3v) is 16.4. The first kappa shape index (κ1) is 62.3. The van der Waals surface area contributed by atoms with Crippen LogP contribution in [0.4, 0.5) is 0 Å². The molecule has 1 aromatic rings. The SMILES string of the molecule is COCCOc1ccc(C2C[C@@H]3CC[C@@H](C)[C@@](O)(O3)C(=O)C(=O)N3CCCC[C@H]3C(=O)O[C@H]([C@H](C)C[C@@H]3CC[C@@H](O)[C@H](OC)C3)CC(=O)[C@H](C)/C=C(\C)[C@@H](O)[C@@H](OC)C(=O)[C@H](C)C[C@H](C)/C=C/C=CC=C2C)c(OC)c1. The number of Topliss-reactive ketones (excluding diaryl/α,β-unsaturated/α-hetero) is 3. The number of ketones is 3. The molecule has 3 heterocycles. The summed E-state index contributed by atoms with van der Waals surface area (Å²) in [5.74, 6) is -7.51. The monoisotopic (exact) mass is 1060 g/mol. The van der Waals surface area contributed by atoms with Gasteiger partial charge in [0.25, 0.3) is 11.7 Å². The summed E-state index contributed by atoms with van der Waals surface area (Å²) in [6, 6.07) is 4.41. The number of hydrogen-bond acceptors (Lipinski definition) is 15. The van der Waals surface area contributed by atoms with Gasteiger partial charge < -0.3 is 53.4 Å². The Bertz CT molecular complexity index is 2240. The third kappa shape index (κ3) is 16.3. The number of carbonyl (C=O) groups is 5. The van der Waals surface area contributed by atoms with Gasteiger partial charge in [-0.05, 0) is 114 Å². The highest BCUT2D eigenvalue weighted by atomic mass is 16.6. The number of benzene rings is 1. The van der Waals surface area contributed by atoms with Gasteiger partial charge in [0.2, 0.25) is 5.79 Å². The lowest BCUT2D eigenvalue weighted by atomic mass is 9.78. The molecular formula is C60H89NO15. The molecule has 4 aliphatic rings. The maximum Gasteiger partial charge on any atom is 0.329 e. The Morgan fingerprint density at radius 1 is 0.842 bits per heavy atom. The van der Waals surface area contributed by atoms with E-state index in [0.29, 0.717) is 94.5 Å². The number of aliphatic hydroxyl groups excluding tert-OH is 2. The van der Waals surface area contributed by atoms with Crippen LogP contribution in [-0.4, -0.2) is 146 Å². The highest BCUT2D eigenvalue weighted by Crippen LogP contribution is 2.43. The van der Waals surface area contributed by atoms with Gasteiger partial charge in [-0.15, -0.1) is 0 Å². The molecule has 2 saturated heterocycles. The minimum atomic E-state index is -2.50. The van der Waals surface area contributed by atoms with Crippen molar-refractivity contribution in [2.75, 3.05) is 48.2 Å². The van der Waals surface area contributed by atoms with Crippen molar-refractivity contribution in [2.24, 2.45) is 35.5 Å². The molecule has 3 aliphatic heterocycles. The normalized spacial score (nSPS) is 35.1. The van der Waals surface area contributed by atoms with Crippen molar-refractivity contribution in [1.82, 2.24) is 4.90 Å². The molecule has 2 bridgehead atoms. The summed E-state index contributed by atoms with van der Waals surface area (Å²) in [5.41, 5.74) is 2.11. The van der Waals surface area contributed by atoms with Gasteiger partial charge >= 0.3 is 5.97 Å². The highest BCUT2D eigenvalue weighted by molar-refractivity contribution is 6.39. The Labute approximate surface area is 451 Å². The van der Waals surface area contributed by atoms with E-state index in [1.807, 2.05) is 70.2 Å². The van der Waals surface area contributed by atoms with Gasteiger partial charge in [0.15, 0.2) is 5.78 Å². The smallest absolute Gasteiger partial charge is 0.329 e. The number of aliphatic hydroxyl groups is 3. The molecule has 1 aliphatic carbocycles. The maximum absolute atomic E-state index is 14.6. The zero-order valence-corrected chi connectivity index (χ0v) is 47.1. The van der Waals surface area contributed by atoms with E-state index in [-0.39, 0.29) is 60.7 Å². The van der Waals surface area contributed by atoms with Crippen LogP contribution in [0.2, 0.25) is 0 Å². The van der Waals surface area contributed by atoms with Crippen LogP contribution in [0.5, 0.6) is 11.5 Å². The highest BCUT2D eigenvalue weighted by Gasteiger charge is 2.53. The summed E-state index contributed by atoms with van der Waals surface area (Å²) in [6.07, 6.45) is 11.3. The van der Waals surface area contributed by atoms with Crippen molar-refractivity contribution < 1.29 is 72.5 Å². The number of cyclic esters (lactones) is 1. The average Bonchev–Trinajstić information content (AvgIpc) is 3.40. The third-order valence-electron chi connectivity index (χ3n) is 16.4. The number of hydrogen-bond donors (Lipinski definition) is 3. The van der Waals surface area contributed by atoms with E-state index < -0.39 is 77.8 Å². The second-order valence-electron chi connectivity index (χ2n) is 22.2. The standard InChI is InChI=1S/C60H89NO15/c1-36-17-13-12-14-18-37(2)47(46-24-23-44(34-52(46)71-9)74-28-27-70-8)33-45-22-20-42(7)60(69,76-45)57(66)58(67)61-26-16-15-19-48(61)59(68)75-51(39(4)31-43-21-25-49(62)53(32-43)72-10)35-50(63)38(3)30-41(6)55(65)56(73-11)54(64)40(5)29-36/h12-14,17-18,23-24,30,34,36,38-40,42-43,45,47-49,51,53,55-56,62,65,69H,15-16,19-22,25-29,31-33,35H2,1-11H3/b14-12?,17-13+,37-18?,41-30+/t36-,38-,39-,40-,42-,43+,45+,47?,48+,49-,51+,53-,55-,56+,60-/m1/s1. The zero-order valence-electron chi connectivity index (χ0n) is 47.1. The van der Waals surface area contributed by atoms with E-state index >= 15 is 0 Å². The number of methoxy groups -OCH3 is 4. The predicted molar refractivity (Wildman–Crippen MR) is 287 cm³/mol. The fraction of sp³-hybridized carbons (Fsp3) is 0.683. The molecule has 0 aromatic heterocycles. The second-order valence-corrected chi connectivity index (χ2v) is 22.2. The lowest BCUT2D eigenvalue weighted by Gasteiger charge is -2.43. The summed E-state index contributed by atoms with van der Waals surface area (Å²) in [7, 11) is 6.12. The molecule has 0 radical (unpaired) electrons. The lowest BCUT2D eigenvalue weighted by molar-refractivity contribution is -0.264. The lowest BCUT2D eigenvalue weighted by Crippen LogP contribution is -2.60. The predicted octanol–water partition coefficient (Wildman–Crippen LogP) is 7.98. The van der Waals surface area contributed by atoms with Crippen LogP contribution in [0.1, 0.15) is 137 Å². The molecule has 3 N–H and O–H groups in total. The first-order valence-electron chi connectivity index (χ1n) is 27.6. The summed E-state index contributed by atoms with van der Waals surface area (Å²) in [4.78, 5) is 73.2. The zero-order chi connectivity index (χ0) is 55.9. The number of fused-ring (bicyclic) bond motifs is 3. The Morgan fingerprint density at radius 3 is 2.29 bits per heavy atom. The number of carbonyl (C=O) groups excluding carboxylic acids is 5. The molecule has 76 heavy (non-hydrogen) atoms. The Kier molecular flexibility index (Phi) is 24.1. The van der Waals surface area contributed by atoms with Gasteiger partial charge in [-0.3, -0.25) is 19.2 Å². The van der Waals surface area contributed by atoms with Crippen LogP contribution in [-0.2, 0) is 47.7 Å². The molecule has 15 atom stereocenters. The van der Waals surface area contributed by atoms with E-state index in [0.717, 1.165) is 11.1 Å². The van der Waals surface area contributed by atoms with E-state index in [2.05, 4.69) is 0 Å². The fourth-order valence-electron chi connectivity index (χ4n) is 11.6. The van der Waals surface area contributed by atoms with E-state index in [9.17, 15) is 39.3 Å². The van der Waals surface area contributed by atoms with Gasteiger partial charge in [-0.25, -0.2) is 4.79 Å². The summed E-state index contributed by atoms with van der Waals surface area (Å²) >= 11 is 0. The molecule has 0 spiro atoms. The van der Waals surface area contributed by atoms with Gasteiger partial charge in [-0.1, -0.05) is 82.7 Å². The molecular weight excluding hydrogens is 975 g/mol. The minimum absolute atomic E-state index is 0.0224. The number of allylic oxidation sites excluding steroid dienone is 7. The minimum Gasteiger partial charge on any atom is -0.496 e. The van der Waals surface area contributed by atoms with Crippen molar-refractivity contribution in [3.8, 4) is 11.5 Å². The van der Waals surface area contributed by atoms with Crippen LogP contribution >= 0.6 is 0 Å². The molecule has 1 amide bonds. The summed E-state index contributed by atoms with van der Waals surface area (Å²) in [5, 5.41) is 34.5. The van der Waals surface area contributed by atoms with Crippen LogP contribution in [0, 0.1) is 35.5 Å². The van der Waals surface area contributed by atoms with Crippen molar-refractivity contribution in [3.05, 3.63) is 71.4 Å². The quantitative estimate of drug-likeness (QED) is 0.0829. The Balaban J connectivity index is 1.54. The number of esters is 1. The Hall–Kier alpha value is -4.55. The van der Waals surface area contributed by atoms with Crippen LogP contribution in [0.25, 0.3) is 0 Å². The van der Waals surface area contributed by atoms with Crippen molar-refractivity contribution >= 4 is 29.2 Å². The number of rotatable bonds is 11. The number of ether oxygens (including phenoxy) is 7. The van der Waals surface area contributed by atoms with E-state index in [4.69, 9.17) is 33.2 Å². The maximum atomic E-state index is 14.6. The number of nitrogens with zero attached hydrogens (tertiary/aromatic N) is 1. The molecule has 1 saturated carbocycles. The number of piperidine rings is 1. The summed E-state index contributed by atoms with van der Waals surface area (Å²) in [6.45, 7) is 13.5. The van der Waals surface area contributed by atoms with E-state index in [1.54, 1.807) is 54.2 Å². The average molecular weight is 1060 g/mol. The van der Waals surface area contributed by atoms with Crippen LogP contribution in [0.3, 0.4) is 0 Å². The fourth-order valence-corrected chi connectivity index (χ4v) is 11.6. The van der Waals surface area contributed by atoms with Crippen molar-refractivity contribution in [3.63, 3.8) is 0 Å². The van der Waals surface area contributed by atoms with Crippen molar-refractivity contribution in [1.29, 1.82) is 0 Å². The molecule has 424 valence electrons. The van der Waals surface area contributed by atoms with E-state index in [1.165, 1.54) is 12.0 Å². The molecule has 16 nitrogen and oxygen atoms in total. The van der Waals surface area contributed by atoms with Crippen LogP contribution < -0.4 is 9.47 Å². The van der Waals surface area contributed by atoms with Gasteiger partial charge in [0, 0.05) is 69.6 Å². The topological polar surface area (TPSA) is 214 Å². The molecule has 16 heteroatoms.